The van der Waals surface area contributed by atoms with E-state index in [-0.39, 0.29) is 16.8 Å². The molecule has 3 atom stereocenters. The van der Waals surface area contributed by atoms with Gasteiger partial charge in [0.1, 0.15) is 11.3 Å². The summed E-state index contributed by atoms with van der Waals surface area (Å²) >= 11 is 3.90. The van der Waals surface area contributed by atoms with Crippen molar-refractivity contribution in [3.8, 4) is 0 Å². The first-order chi connectivity index (χ1) is 13.5. The Kier molecular flexibility index (Phi) is 5.55. The lowest BCUT2D eigenvalue weighted by Gasteiger charge is -2.27. The van der Waals surface area contributed by atoms with E-state index in [0.29, 0.717) is 38.8 Å². The Bertz CT molecular complexity index is 876. The van der Waals surface area contributed by atoms with Crippen LogP contribution in [0.25, 0.3) is 11.0 Å². The molecule has 1 aromatic carbocycles. The molecular weight excluding hydrogens is 376 g/mol. The Morgan fingerprint density at radius 3 is 2.82 bits per heavy atom. The average molecular weight is 401 g/mol. The van der Waals surface area contributed by atoms with Gasteiger partial charge in [-0.15, -0.1) is 12.6 Å². The number of furan rings is 1. The number of fused-ring (bicyclic) bond motifs is 1. The minimum Gasteiger partial charge on any atom is -0.461 e. The van der Waals surface area contributed by atoms with Crippen molar-refractivity contribution in [1.29, 1.82) is 0 Å². The number of nitrogens with one attached hydrogen (secondary N) is 1. The van der Waals surface area contributed by atoms with Crippen molar-refractivity contribution < 1.29 is 18.8 Å². The number of rotatable bonds is 6. The zero-order valence-electron chi connectivity index (χ0n) is 15.6. The van der Waals surface area contributed by atoms with Gasteiger partial charge in [0.25, 0.3) is 0 Å². The monoisotopic (exact) mass is 400 g/mol. The quantitative estimate of drug-likeness (QED) is 0.728. The van der Waals surface area contributed by atoms with Crippen LogP contribution in [0.3, 0.4) is 0 Å². The molecule has 3 heterocycles. The number of likely N-dealkylation sites (tertiary alicyclic amines) is 1. The molecule has 0 bridgehead atoms. The standard InChI is InChI=1S/C21H24N2O4S/c24-18(8-7-14-12-13-4-1-2-6-17(13)27-14)23-11-3-5-16(23)20(25)15-9-10-22-19(15)21(26)28/h1-2,4,6,12,15-16,19,22H,3,5,7-11H2,(H,26,28)/t15?,16-,19-/m0/s1. The number of hydrogen-bond donors (Lipinski definition) is 2. The summed E-state index contributed by atoms with van der Waals surface area (Å²) in [6.45, 7) is 1.22. The summed E-state index contributed by atoms with van der Waals surface area (Å²) in [4.78, 5) is 39.2. The predicted molar refractivity (Wildman–Crippen MR) is 108 cm³/mol. The van der Waals surface area contributed by atoms with E-state index < -0.39 is 18.0 Å². The molecule has 4 rings (SSSR count). The fourth-order valence-corrected chi connectivity index (χ4v) is 4.68. The molecule has 2 aromatic rings. The predicted octanol–water partition coefficient (Wildman–Crippen LogP) is 2.36. The number of benzene rings is 1. The van der Waals surface area contributed by atoms with Crippen molar-refractivity contribution in [3.63, 3.8) is 0 Å². The zero-order chi connectivity index (χ0) is 19.7. The van der Waals surface area contributed by atoms with E-state index >= 15 is 0 Å². The van der Waals surface area contributed by atoms with Gasteiger partial charge in [0.05, 0.1) is 12.1 Å². The van der Waals surface area contributed by atoms with Crippen LogP contribution in [0.1, 0.15) is 31.4 Å². The SMILES string of the molecule is O=C(S)[C@H]1NCCC1C(=O)[C@@H]1CCCN1C(=O)CCc1cc2ccccc2o1. The molecule has 1 N–H and O–H groups in total. The van der Waals surface area contributed by atoms with Crippen molar-refractivity contribution in [2.24, 2.45) is 5.92 Å². The lowest BCUT2D eigenvalue weighted by molar-refractivity contribution is -0.139. The fourth-order valence-electron chi connectivity index (χ4n) is 4.41. The summed E-state index contributed by atoms with van der Waals surface area (Å²) in [5, 5.41) is 3.77. The van der Waals surface area contributed by atoms with E-state index in [2.05, 4.69) is 17.9 Å². The van der Waals surface area contributed by atoms with Gasteiger partial charge in [-0.25, -0.2) is 0 Å². The molecule has 0 radical (unpaired) electrons. The second kappa shape index (κ2) is 8.09. The molecule has 6 nitrogen and oxygen atoms in total. The second-order valence-corrected chi connectivity index (χ2v) is 8.00. The number of para-hydroxylation sites is 1. The largest absolute Gasteiger partial charge is 0.461 e. The molecule has 0 saturated carbocycles. The molecule has 28 heavy (non-hydrogen) atoms. The molecular formula is C21H24N2O4S. The Morgan fingerprint density at radius 1 is 1.21 bits per heavy atom. The number of nitrogens with zero attached hydrogens (tertiary/aromatic N) is 1. The van der Waals surface area contributed by atoms with Gasteiger partial charge in [-0.3, -0.25) is 14.4 Å². The molecule has 2 aliphatic rings. The van der Waals surface area contributed by atoms with Crippen LogP contribution in [0.5, 0.6) is 0 Å². The van der Waals surface area contributed by atoms with Gasteiger partial charge in [0.15, 0.2) is 5.78 Å². The number of aryl methyl sites for hydroxylation is 1. The highest BCUT2D eigenvalue weighted by atomic mass is 32.1. The van der Waals surface area contributed by atoms with Crippen LogP contribution in [0.4, 0.5) is 0 Å². The van der Waals surface area contributed by atoms with Crippen molar-refractivity contribution in [1.82, 2.24) is 10.2 Å². The Hall–Kier alpha value is -2.12. The third kappa shape index (κ3) is 3.73. The molecule has 7 heteroatoms. The van der Waals surface area contributed by atoms with Gasteiger partial charge in [0.2, 0.25) is 11.0 Å². The molecule has 1 unspecified atom stereocenters. The van der Waals surface area contributed by atoms with Crippen LogP contribution >= 0.6 is 12.6 Å². The van der Waals surface area contributed by atoms with Crippen LogP contribution < -0.4 is 5.32 Å². The van der Waals surface area contributed by atoms with Gasteiger partial charge in [-0.2, -0.15) is 0 Å². The molecule has 0 spiro atoms. The van der Waals surface area contributed by atoms with Gasteiger partial charge < -0.3 is 14.6 Å². The summed E-state index contributed by atoms with van der Waals surface area (Å²) in [5.74, 6) is 0.346. The zero-order valence-corrected chi connectivity index (χ0v) is 16.5. The average Bonchev–Trinajstić information content (AvgIpc) is 3.43. The van der Waals surface area contributed by atoms with E-state index in [1.54, 1.807) is 4.90 Å². The first-order valence-corrected chi connectivity index (χ1v) is 10.3. The maximum Gasteiger partial charge on any atom is 0.223 e. The molecule has 2 saturated heterocycles. The smallest absolute Gasteiger partial charge is 0.223 e. The van der Waals surface area contributed by atoms with E-state index in [1.807, 2.05) is 30.3 Å². The van der Waals surface area contributed by atoms with Gasteiger partial charge >= 0.3 is 0 Å². The Labute approximate surface area is 169 Å². The molecule has 2 fully saturated rings. The Morgan fingerprint density at radius 2 is 2.04 bits per heavy atom. The fraction of sp³-hybridized carbons (Fsp3) is 0.476. The molecule has 2 aliphatic heterocycles. The van der Waals surface area contributed by atoms with Crippen molar-refractivity contribution in [3.05, 3.63) is 36.1 Å². The number of carbonyl (C=O) groups excluding carboxylic acids is 3. The molecule has 1 aromatic heterocycles. The number of carbonyl (C=O) groups is 3. The summed E-state index contributed by atoms with van der Waals surface area (Å²) in [6, 6.07) is 8.75. The highest BCUT2D eigenvalue weighted by molar-refractivity contribution is 7.96. The van der Waals surface area contributed by atoms with Crippen LogP contribution in [0.2, 0.25) is 0 Å². The van der Waals surface area contributed by atoms with Gasteiger partial charge in [-0.1, -0.05) is 18.2 Å². The first-order valence-electron chi connectivity index (χ1n) is 9.81. The lowest BCUT2D eigenvalue weighted by Crippen LogP contribution is -2.46. The summed E-state index contributed by atoms with van der Waals surface area (Å²) < 4.78 is 5.79. The third-order valence-electron chi connectivity index (χ3n) is 5.82. The maximum atomic E-state index is 13.0. The lowest BCUT2D eigenvalue weighted by atomic mass is 9.90. The topological polar surface area (TPSA) is 79.6 Å². The van der Waals surface area contributed by atoms with Crippen LogP contribution in [-0.2, 0) is 20.8 Å². The minimum absolute atomic E-state index is 0.00742. The molecule has 0 aliphatic carbocycles. The molecule has 1 amide bonds. The number of Topliss-reactive ketones (excluding diaryl/α,β-unsaturated/α-hetero) is 1. The van der Waals surface area contributed by atoms with Gasteiger partial charge in [-0.05, 0) is 37.9 Å². The van der Waals surface area contributed by atoms with Crippen molar-refractivity contribution in [2.45, 2.75) is 44.2 Å². The first kappa shape index (κ1) is 19.2. The number of hydrogen-bond acceptors (Lipinski definition) is 5. The van der Waals surface area contributed by atoms with Crippen LogP contribution in [0.15, 0.2) is 34.7 Å². The summed E-state index contributed by atoms with van der Waals surface area (Å²) in [7, 11) is 0. The molecule has 148 valence electrons. The summed E-state index contributed by atoms with van der Waals surface area (Å²) in [6.07, 6.45) is 2.91. The maximum absolute atomic E-state index is 13.0. The normalized spacial score (nSPS) is 24.8. The van der Waals surface area contributed by atoms with Crippen molar-refractivity contribution in [2.75, 3.05) is 13.1 Å². The Balaban J connectivity index is 1.40. The van der Waals surface area contributed by atoms with E-state index in [4.69, 9.17) is 4.42 Å². The second-order valence-electron chi connectivity index (χ2n) is 7.56. The van der Waals surface area contributed by atoms with E-state index in [1.165, 1.54) is 0 Å². The highest BCUT2D eigenvalue weighted by Crippen LogP contribution is 2.28. The number of thiol groups is 1. The summed E-state index contributed by atoms with van der Waals surface area (Å²) in [5.41, 5.74) is 0.815. The van der Waals surface area contributed by atoms with E-state index in [0.717, 1.165) is 23.2 Å². The highest BCUT2D eigenvalue weighted by Gasteiger charge is 2.43. The van der Waals surface area contributed by atoms with Gasteiger partial charge in [0, 0.05) is 30.7 Å². The van der Waals surface area contributed by atoms with E-state index in [9.17, 15) is 14.4 Å². The van der Waals surface area contributed by atoms with Crippen molar-refractivity contribution >= 4 is 40.4 Å². The number of ketones is 1. The van der Waals surface area contributed by atoms with Crippen LogP contribution in [0, 0.1) is 5.92 Å². The number of amides is 1. The minimum atomic E-state index is -0.538. The van der Waals surface area contributed by atoms with Crippen LogP contribution in [-0.4, -0.2) is 46.9 Å². The third-order valence-corrected chi connectivity index (χ3v) is 6.10.